The molecule has 0 bridgehead atoms. The zero-order valence-electron chi connectivity index (χ0n) is 28.2. The number of aliphatic hydroxyl groups excluding tert-OH is 1. The Morgan fingerprint density at radius 2 is 1.65 bits per heavy atom. The molecule has 3 aromatic carbocycles. The van der Waals surface area contributed by atoms with Crippen molar-refractivity contribution >= 4 is 26.6 Å². The Bertz CT molecular complexity index is 2030. The number of aliphatic hydroxyl groups is 1. The van der Waals surface area contributed by atoms with Crippen molar-refractivity contribution in [1.82, 2.24) is 20.1 Å². The van der Waals surface area contributed by atoms with E-state index in [2.05, 4.69) is 15.2 Å². The molecule has 2 atom stereocenters. The van der Waals surface area contributed by atoms with Crippen LogP contribution in [0.3, 0.4) is 0 Å². The van der Waals surface area contributed by atoms with Crippen LogP contribution in [0.2, 0.25) is 0 Å². The summed E-state index contributed by atoms with van der Waals surface area (Å²) in [6.45, 7) is 1.79. The minimum absolute atomic E-state index is 0.0128. The minimum Gasteiger partial charge on any atom is -0.395 e. The molecule has 278 valence electrons. The van der Waals surface area contributed by atoms with Gasteiger partial charge in [-0.2, -0.15) is 26.3 Å². The van der Waals surface area contributed by atoms with Crippen molar-refractivity contribution in [3.63, 3.8) is 0 Å². The molecule has 2 N–H and O–H groups in total. The first kappa shape index (κ1) is 37.7. The van der Waals surface area contributed by atoms with Crippen LogP contribution in [0.25, 0.3) is 22.2 Å². The number of rotatable bonds is 9. The topological polar surface area (TPSA) is 103 Å². The third-order valence-electron chi connectivity index (χ3n) is 9.95. The number of likely N-dealkylation sites (tertiary alicyclic amines) is 2. The lowest BCUT2D eigenvalue weighted by Gasteiger charge is -2.39. The molecule has 1 aromatic heterocycles. The Labute approximate surface area is 297 Å². The number of sulfone groups is 1. The van der Waals surface area contributed by atoms with Crippen LogP contribution in [0, 0.1) is 0 Å². The summed E-state index contributed by atoms with van der Waals surface area (Å²) in [7, 11) is -3.87. The van der Waals surface area contributed by atoms with Crippen molar-refractivity contribution in [1.29, 1.82) is 0 Å². The van der Waals surface area contributed by atoms with Gasteiger partial charge in [0.1, 0.15) is 0 Å². The molecule has 0 saturated carbocycles. The number of nitrogens with one attached hydrogen (secondary N) is 1. The summed E-state index contributed by atoms with van der Waals surface area (Å²) in [4.78, 5) is 23.1. The zero-order valence-corrected chi connectivity index (χ0v) is 29.0. The van der Waals surface area contributed by atoms with Gasteiger partial charge in [0.2, 0.25) is 0 Å². The number of hydrogen-bond donors (Lipinski definition) is 2. The van der Waals surface area contributed by atoms with Crippen molar-refractivity contribution in [2.75, 3.05) is 32.5 Å². The molecule has 15 heteroatoms. The number of benzene rings is 3. The molecular formula is C37H38F6N4O4S. The Morgan fingerprint density at radius 3 is 2.29 bits per heavy atom. The molecule has 3 heterocycles. The van der Waals surface area contributed by atoms with Gasteiger partial charge in [-0.25, -0.2) is 13.4 Å². The fourth-order valence-electron chi connectivity index (χ4n) is 7.38. The quantitative estimate of drug-likeness (QED) is 0.182. The first-order chi connectivity index (χ1) is 24.5. The molecule has 2 fully saturated rings. The molecule has 4 aromatic rings. The van der Waals surface area contributed by atoms with Crippen LogP contribution in [-0.2, 0) is 22.6 Å². The standard InChI is InChI=1S/C37H38F6N4O4S/c1-52(50,51)28-12-13-31-29(20-28)32(35(49)45-34(37(41,42)43)23-7-3-2-4-8-23)30(33(44-31)24-9-5-10-25(19-24)36(38,39)40)21-46-17-14-26(15-18-46)47-16-6-11-27(47)22-48/h2-5,7-10,12-13,19-20,26-27,34,48H,6,11,14-18,21-22H2,1H3,(H,45,49)/t27?,34-/m1/s1. The van der Waals surface area contributed by atoms with E-state index in [0.717, 1.165) is 37.8 Å². The lowest BCUT2D eigenvalue weighted by molar-refractivity contribution is -0.155. The Morgan fingerprint density at radius 1 is 0.942 bits per heavy atom. The predicted molar refractivity (Wildman–Crippen MR) is 183 cm³/mol. The number of carbonyl (C=O) groups excluding carboxylic acids is 1. The maximum Gasteiger partial charge on any atom is 0.416 e. The average Bonchev–Trinajstić information content (AvgIpc) is 3.58. The maximum absolute atomic E-state index is 14.6. The van der Waals surface area contributed by atoms with E-state index >= 15 is 0 Å². The van der Waals surface area contributed by atoms with Crippen LogP contribution in [0.4, 0.5) is 26.3 Å². The van der Waals surface area contributed by atoms with Crippen molar-refractivity contribution < 1.29 is 44.7 Å². The highest BCUT2D eigenvalue weighted by Crippen LogP contribution is 2.38. The van der Waals surface area contributed by atoms with Gasteiger partial charge in [0.15, 0.2) is 15.9 Å². The van der Waals surface area contributed by atoms with Gasteiger partial charge in [-0.1, -0.05) is 42.5 Å². The Kier molecular flexibility index (Phi) is 10.7. The van der Waals surface area contributed by atoms with Crippen LogP contribution >= 0.6 is 0 Å². The summed E-state index contributed by atoms with van der Waals surface area (Å²) >= 11 is 0. The minimum atomic E-state index is -4.94. The van der Waals surface area contributed by atoms with Gasteiger partial charge in [-0.05, 0) is 81.2 Å². The molecule has 0 spiro atoms. The SMILES string of the molecule is CS(=O)(=O)c1ccc2nc(-c3cccc(C(F)(F)F)c3)c(CN3CCC(N4CCCC4CO)CC3)c(C(=O)N[C@H](c3ccccc3)C(F)(F)F)c2c1. The molecule has 8 nitrogen and oxygen atoms in total. The fraction of sp³-hybridized carbons (Fsp3) is 0.405. The van der Waals surface area contributed by atoms with E-state index in [1.54, 1.807) is 0 Å². The van der Waals surface area contributed by atoms with Gasteiger partial charge < -0.3 is 10.4 Å². The average molecular weight is 749 g/mol. The number of hydrogen-bond acceptors (Lipinski definition) is 7. The molecular weight excluding hydrogens is 710 g/mol. The third-order valence-corrected chi connectivity index (χ3v) is 11.1. The number of aromatic nitrogens is 1. The number of fused-ring (bicyclic) bond motifs is 1. The zero-order chi connectivity index (χ0) is 37.4. The van der Waals surface area contributed by atoms with E-state index < -0.39 is 39.7 Å². The lowest BCUT2D eigenvalue weighted by atomic mass is 9.93. The van der Waals surface area contributed by atoms with E-state index in [-0.39, 0.29) is 69.0 Å². The van der Waals surface area contributed by atoms with Gasteiger partial charge >= 0.3 is 12.4 Å². The van der Waals surface area contributed by atoms with Crippen molar-refractivity contribution in [3.8, 4) is 11.3 Å². The number of pyridine rings is 1. The van der Waals surface area contributed by atoms with Gasteiger partial charge in [-0.3, -0.25) is 14.6 Å². The van der Waals surface area contributed by atoms with Gasteiger partial charge in [0.25, 0.3) is 5.91 Å². The molecule has 1 unspecified atom stereocenters. The number of carbonyl (C=O) groups is 1. The summed E-state index contributed by atoms with van der Waals surface area (Å²) in [5.74, 6) is -1.19. The summed E-state index contributed by atoms with van der Waals surface area (Å²) in [6, 6.07) is 12.5. The normalized spacial score (nSPS) is 18.9. The summed E-state index contributed by atoms with van der Waals surface area (Å²) in [5.41, 5.74) is -1.51. The first-order valence-corrected chi connectivity index (χ1v) is 18.8. The van der Waals surface area contributed by atoms with Gasteiger partial charge in [0.05, 0.1) is 33.8 Å². The molecule has 0 aliphatic carbocycles. The van der Waals surface area contributed by atoms with Crippen LogP contribution < -0.4 is 5.32 Å². The highest BCUT2D eigenvalue weighted by molar-refractivity contribution is 7.90. The van der Waals surface area contributed by atoms with Crippen molar-refractivity contribution in [2.45, 2.75) is 67.6 Å². The van der Waals surface area contributed by atoms with Crippen LogP contribution in [-0.4, -0.2) is 85.0 Å². The van der Waals surface area contributed by atoms with Gasteiger partial charge in [-0.15, -0.1) is 0 Å². The van der Waals surface area contributed by atoms with Crippen LogP contribution in [0.1, 0.15) is 58.8 Å². The summed E-state index contributed by atoms with van der Waals surface area (Å²) in [6.07, 6.45) is -5.51. The summed E-state index contributed by atoms with van der Waals surface area (Å²) < 4.78 is 111. The predicted octanol–water partition coefficient (Wildman–Crippen LogP) is 6.78. The lowest BCUT2D eigenvalue weighted by Crippen LogP contribution is -2.47. The highest BCUT2D eigenvalue weighted by Gasteiger charge is 2.43. The maximum atomic E-state index is 14.6. The van der Waals surface area contributed by atoms with Crippen molar-refractivity contribution in [3.05, 3.63) is 95.1 Å². The second kappa shape index (κ2) is 14.8. The second-order valence-corrected chi connectivity index (χ2v) is 15.4. The van der Waals surface area contributed by atoms with E-state index in [1.165, 1.54) is 60.7 Å². The molecule has 1 amide bonds. The fourth-order valence-corrected chi connectivity index (χ4v) is 8.02. The number of amides is 1. The van der Waals surface area contributed by atoms with E-state index in [1.807, 2.05) is 4.90 Å². The molecule has 2 aliphatic rings. The van der Waals surface area contributed by atoms with Crippen LogP contribution in [0.15, 0.2) is 77.7 Å². The first-order valence-electron chi connectivity index (χ1n) is 16.9. The van der Waals surface area contributed by atoms with E-state index in [4.69, 9.17) is 0 Å². The monoisotopic (exact) mass is 748 g/mol. The molecule has 52 heavy (non-hydrogen) atoms. The van der Waals surface area contributed by atoms with Gasteiger partial charge in [0, 0.05) is 41.4 Å². The molecule has 6 rings (SSSR count). The number of halogens is 6. The van der Waals surface area contributed by atoms with Crippen molar-refractivity contribution in [2.24, 2.45) is 0 Å². The Hall–Kier alpha value is -4.05. The number of nitrogens with zero attached hydrogens (tertiary/aromatic N) is 3. The van der Waals surface area contributed by atoms with Crippen LogP contribution in [0.5, 0.6) is 0 Å². The summed E-state index contributed by atoms with van der Waals surface area (Å²) in [5, 5.41) is 11.9. The highest BCUT2D eigenvalue weighted by atomic mass is 32.2. The smallest absolute Gasteiger partial charge is 0.395 e. The Balaban J connectivity index is 1.52. The molecule has 2 saturated heterocycles. The third kappa shape index (κ3) is 8.12. The second-order valence-electron chi connectivity index (χ2n) is 13.4. The van der Waals surface area contributed by atoms with E-state index in [0.29, 0.717) is 25.9 Å². The largest absolute Gasteiger partial charge is 0.416 e. The number of piperidine rings is 1. The molecule has 2 aliphatic heterocycles. The molecule has 0 radical (unpaired) electrons. The van der Waals surface area contributed by atoms with E-state index in [9.17, 15) is 44.7 Å². The number of alkyl halides is 6.